The van der Waals surface area contributed by atoms with E-state index in [0.717, 1.165) is 22.1 Å². The van der Waals surface area contributed by atoms with E-state index in [-0.39, 0.29) is 5.76 Å². The Morgan fingerprint density at radius 3 is 2.03 bits per heavy atom. The number of fused-ring (bicyclic) bond motifs is 2. The van der Waals surface area contributed by atoms with Gasteiger partial charge < -0.3 is 19.4 Å². The van der Waals surface area contributed by atoms with E-state index in [1.54, 1.807) is 36.4 Å². The van der Waals surface area contributed by atoms with Crippen molar-refractivity contribution in [1.82, 2.24) is 19.9 Å². The number of carbonyl (C=O) groups excluding carboxylic acids is 1. The van der Waals surface area contributed by atoms with E-state index in [1.165, 1.54) is 11.8 Å². The number of benzene rings is 2. The summed E-state index contributed by atoms with van der Waals surface area (Å²) in [5, 5.41) is 3.19. The van der Waals surface area contributed by atoms with Crippen molar-refractivity contribution in [3.63, 3.8) is 0 Å². The lowest BCUT2D eigenvalue weighted by Gasteiger charge is -1.93. The van der Waals surface area contributed by atoms with Gasteiger partial charge in [-0.25, -0.2) is 4.98 Å². The molecule has 0 spiro atoms. The number of rotatable bonds is 3. The maximum absolute atomic E-state index is 10.5. The average Bonchev–Trinajstić information content (AvgIpc) is 3.41. The number of aromatic amines is 3. The molecule has 0 saturated heterocycles. The van der Waals surface area contributed by atoms with Gasteiger partial charge in [0.15, 0.2) is 27.1 Å². The number of hydrogen-bond donors (Lipinski definition) is 3. The van der Waals surface area contributed by atoms with Crippen LogP contribution in [0.15, 0.2) is 51.1 Å². The highest BCUT2D eigenvalue weighted by atomic mass is 35.5. The van der Waals surface area contributed by atoms with Crippen molar-refractivity contribution < 1.29 is 9.21 Å². The Labute approximate surface area is 204 Å². The molecule has 0 saturated carbocycles. The van der Waals surface area contributed by atoms with Crippen LogP contribution in [0, 0.1) is 4.77 Å². The van der Waals surface area contributed by atoms with Crippen molar-refractivity contribution in [1.29, 1.82) is 0 Å². The number of halogens is 4. The first-order chi connectivity index (χ1) is 14.8. The zero-order valence-corrected chi connectivity index (χ0v) is 19.8. The summed E-state index contributed by atoms with van der Waals surface area (Å²) in [6, 6.07) is 10.2. The second-order valence-electron chi connectivity index (χ2n) is 6.09. The van der Waals surface area contributed by atoms with Crippen molar-refractivity contribution in [3.8, 4) is 0 Å². The molecule has 5 aromatic rings. The first kappa shape index (κ1) is 22.3. The molecule has 0 bridgehead atoms. The Balaban J connectivity index is 0.000000166. The number of H-pyrrole nitrogens is 3. The normalized spacial score (nSPS) is 11.0. The number of imidazole rings is 2. The Hall–Kier alpha value is -1.94. The monoisotopic (exact) mass is 530 g/mol. The molecule has 3 N–H and O–H groups in total. The fourth-order valence-corrected chi connectivity index (χ4v) is 4.25. The Morgan fingerprint density at radius 2 is 1.45 bits per heavy atom. The van der Waals surface area contributed by atoms with E-state index in [2.05, 4.69) is 19.9 Å². The first-order valence-corrected chi connectivity index (χ1v) is 11.2. The third kappa shape index (κ3) is 5.11. The zero-order valence-electron chi connectivity index (χ0n) is 15.1. The van der Waals surface area contributed by atoms with Crippen molar-refractivity contribution in [2.45, 2.75) is 10.2 Å². The van der Waals surface area contributed by atoms with Gasteiger partial charge in [-0.2, -0.15) is 0 Å². The SMILES string of the molecule is O=Cc1ccc(Sc2nc3cc(Cl)c(Cl)cc3[nH]2)o1.S=c1[nH]c2cc(Cl)c(Cl)cc2[nH]1. The summed E-state index contributed by atoms with van der Waals surface area (Å²) in [7, 11) is 0. The molecule has 5 rings (SSSR count). The van der Waals surface area contributed by atoms with Crippen LogP contribution in [-0.4, -0.2) is 26.2 Å². The number of carbonyl (C=O) groups is 1. The molecular formula is C19H10Cl4N4O2S2. The quantitative estimate of drug-likeness (QED) is 0.162. The van der Waals surface area contributed by atoms with Crippen LogP contribution in [0.1, 0.15) is 10.6 Å². The van der Waals surface area contributed by atoms with Gasteiger partial charge in [-0.15, -0.1) is 0 Å². The van der Waals surface area contributed by atoms with Crippen molar-refractivity contribution >= 4 is 98.7 Å². The Bertz CT molecular complexity index is 1390. The van der Waals surface area contributed by atoms with E-state index in [0.29, 0.717) is 41.4 Å². The minimum atomic E-state index is 0.282. The number of nitrogens with zero attached hydrogens (tertiary/aromatic N) is 1. The van der Waals surface area contributed by atoms with Gasteiger partial charge in [0.25, 0.3) is 0 Å². The molecule has 0 aliphatic rings. The summed E-state index contributed by atoms with van der Waals surface area (Å²) < 4.78 is 5.84. The van der Waals surface area contributed by atoms with Crippen LogP contribution in [0.2, 0.25) is 20.1 Å². The molecule has 0 aliphatic heterocycles. The first-order valence-electron chi connectivity index (χ1n) is 8.47. The van der Waals surface area contributed by atoms with Gasteiger partial charge in [-0.1, -0.05) is 46.4 Å². The van der Waals surface area contributed by atoms with Crippen molar-refractivity contribution in [3.05, 3.63) is 67.0 Å². The smallest absolute Gasteiger partial charge is 0.185 e. The van der Waals surface area contributed by atoms with Crippen LogP contribution in [0.3, 0.4) is 0 Å². The lowest BCUT2D eigenvalue weighted by atomic mass is 10.3. The van der Waals surface area contributed by atoms with E-state index < -0.39 is 0 Å². The van der Waals surface area contributed by atoms with Crippen LogP contribution < -0.4 is 0 Å². The lowest BCUT2D eigenvalue weighted by Crippen LogP contribution is -1.72. The summed E-state index contributed by atoms with van der Waals surface area (Å²) in [5.74, 6) is 0.282. The van der Waals surface area contributed by atoms with Gasteiger partial charge >= 0.3 is 0 Å². The summed E-state index contributed by atoms with van der Waals surface area (Å²) in [6.45, 7) is 0. The molecule has 31 heavy (non-hydrogen) atoms. The predicted octanol–water partition coefficient (Wildman–Crippen LogP) is 7.96. The average molecular weight is 532 g/mol. The molecule has 3 heterocycles. The number of hydrogen-bond acceptors (Lipinski definition) is 5. The van der Waals surface area contributed by atoms with Crippen LogP contribution >= 0.6 is 70.4 Å². The molecule has 0 fully saturated rings. The molecule has 6 nitrogen and oxygen atoms in total. The summed E-state index contributed by atoms with van der Waals surface area (Å²) in [5.41, 5.74) is 3.25. The van der Waals surface area contributed by atoms with Gasteiger partial charge in [-0.05, 0) is 60.4 Å². The fraction of sp³-hybridized carbons (Fsp3) is 0. The van der Waals surface area contributed by atoms with Crippen LogP contribution in [0.4, 0.5) is 0 Å². The molecular weight excluding hydrogens is 522 g/mol. The summed E-state index contributed by atoms with van der Waals surface area (Å²) in [6.07, 6.45) is 0.655. The molecule has 0 atom stereocenters. The minimum absolute atomic E-state index is 0.282. The standard InChI is InChI=1S/C12H6Cl2N2O2S.C7H4Cl2N2S/c13-7-3-9-10(4-8(7)14)16-12(15-9)19-11-2-1-6(5-17)18-11;8-3-1-5-6(2-4(3)9)11-7(12)10-5/h1-5H,(H,15,16);1-2H,(H2,10,11,12). The van der Waals surface area contributed by atoms with E-state index in [1.807, 2.05) is 0 Å². The summed E-state index contributed by atoms with van der Waals surface area (Å²) in [4.78, 5) is 23.9. The van der Waals surface area contributed by atoms with Crippen molar-refractivity contribution in [2.75, 3.05) is 0 Å². The second kappa shape index (κ2) is 9.28. The number of aromatic nitrogens is 4. The van der Waals surface area contributed by atoms with Gasteiger partial charge in [0.1, 0.15) is 0 Å². The highest BCUT2D eigenvalue weighted by Crippen LogP contribution is 2.31. The second-order valence-corrected chi connectivity index (χ2v) is 9.12. The van der Waals surface area contributed by atoms with Crippen molar-refractivity contribution in [2.24, 2.45) is 0 Å². The fourth-order valence-electron chi connectivity index (χ4n) is 2.61. The third-order valence-electron chi connectivity index (χ3n) is 3.97. The van der Waals surface area contributed by atoms with E-state index >= 15 is 0 Å². The maximum Gasteiger partial charge on any atom is 0.185 e. The highest BCUT2D eigenvalue weighted by molar-refractivity contribution is 7.99. The van der Waals surface area contributed by atoms with Crippen LogP contribution in [0.5, 0.6) is 0 Å². The Morgan fingerprint density at radius 1 is 0.871 bits per heavy atom. The molecule has 0 radical (unpaired) electrons. The number of nitrogens with one attached hydrogen (secondary N) is 3. The molecule has 0 amide bonds. The topological polar surface area (TPSA) is 90.5 Å². The molecule has 158 valence electrons. The number of aldehydes is 1. The van der Waals surface area contributed by atoms with E-state index in [4.69, 9.17) is 63.0 Å². The van der Waals surface area contributed by atoms with E-state index in [9.17, 15) is 4.79 Å². The Kier molecular flexibility index (Phi) is 6.66. The molecule has 12 heteroatoms. The maximum atomic E-state index is 10.5. The van der Waals surface area contributed by atoms with Gasteiger partial charge in [0, 0.05) is 0 Å². The largest absolute Gasteiger partial charge is 0.447 e. The summed E-state index contributed by atoms with van der Waals surface area (Å²) >= 11 is 29.6. The third-order valence-corrected chi connectivity index (χ3v) is 6.43. The molecule has 2 aromatic carbocycles. The zero-order chi connectivity index (χ0) is 22.1. The lowest BCUT2D eigenvalue weighted by molar-refractivity contribution is 0.109. The van der Waals surface area contributed by atoms with Gasteiger partial charge in [0.2, 0.25) is 0 Å². The predicted molar refractivity (Wildman–Crippen MR) is 128 cm³/mol. The minimum Gasteiger partial charge on any atom is -0.447 e. The molecule has 0 unspecified atom stereocenters. The van der Waals surface area contributed by atoms with Crippen LogP contribution in [0.25, 0.3) is 22.1 Å². The molecule has 0 aliphatic carbocycles. The van der Waals surface area contributed by atoms with Gasteiger partial charge in [0.05, 0.1) is 42.2 Å². The number of furan rings is 1. The highest BCUT2D eigenvalue weighted by Gasteiger charge is 2.10. The van der Waals surface area contributed by atoms with Gasteiger partial charge in [-0.3, -0.25) is 4.79 Å². The van der Waals surface area contributed by atoms with Crippen LogP contribution in [-0.2, 0) is 0 Å². The molecule has 3 aromatic heterocycles.